The van der Waals surface area contributed by atoms with Gasteiger partial charge in [0.05, 0.1) is 6.04 Å². The molecule has 3 unspecified atom stereocenters. The van der Waals surface area contributed by atoms with Crippen molar-refractivity contribution in [3.05, 3.63) is 23.3 Å². The fourth-order valence-electron chi connectivity index (χ4n) is 4.52. The fourth-order valence-corrected chi connectivity index (χ4v) is 4.52. The van der Waals surface area contributed by atoms with Gasteiger partial charge in [-0.2, -0.15) is 0 Å². The van der Waals surface area contributed by atoms with E-state index >= 15 is 0 Å². The molecule has 1 spiro atoms. The van der Waals surface area contributed by atoms with E-state index in [4.69, 9.17) is 4.74 Å². The number of carbonyl (C=O) groups excluding carboxylic acids is 1. The predicted octanol–water partition coefficient (Wildman–Crippen LogP) is 2.82. The zero-order valence-corrected chi connectivity index (χ0v) is 13.4. The van der Waals surface area contributed by atoms with Crippen LogP contribution in [0.5, 0.6) is 0 Å². The van der Waals surface area contributed by atoms with Gasteiger partial charge in [-0.3, -0.25) is 4.90 Å². The number of piperidine rings is 1. The summed E-state index contributed by atoms with van der Waals surface area (Å²) in [5.41, 5.74) is 1.69. The zero-order valence-electron chi connectivity index (χ0n) is 13.4. The summed E-state index contributed by atoms with van der Waals surface area (Å²) in [6, 6.07) is 0.737. The monoisotopic (exact) mass is 297 g/mol. The number of carbonyl (C=O) groups is 1. The minimum Gasteiger partial charge on any atom is -0.449 e. The molecule has 0 radical (unpaired) electrons. The van der Waals surface area contributed by atoms with Gasteiger partial charge in [-0.1, -0.05) is 38.2 Å². The number of esters is 1. The number of hydrogen-bond donors (Lipinski definition) is 0. The fraction of sp³-hybridized carbons (Fsp3) is 0.632. The lowest BCUT2D eigenvalue weighted by molar-refractivity contribution is -0.148. The molecule has 4 aliphatic rings. The van der Waals surface area contributed by atoms with Crippen LogP contribution in [0.2, 0.25) is 0 Å². The zero-order chi connectivity index (χ0) is 15.3. The van der Waals surface area contributed by atoms with Gasteiger partial charge < -0.3 is 4.74 Å². The highest BCUT2D eigenvalue weighted by atomic mass is 16.6. The lowest BCUT2D eigenvalue weighted by Crippen LogP contribution is -2.48. The molecule has 1 aliphatic carbocycles. The highest BCUT2D eigenvalue weighted by molar-refractivity contribution is 5.90. The maximum Gasteiger partial charge on any atom is 0.332 e. The normalized spacial score (nSPS) is 36.0. The quantitative estimate of drug-likeness (QED) is 0.550. The third kappa shape index (κ3) is 1.97. The van der Waals surface area contributed by atoms with Crippen molar-refractivity contribution in [2.24, 2.45) is 5.92 Å². The average Bonchev–Trinajstić information content (AvgIpc) is 2.96. The molecule has 3 nitrogen and oxygen atoms in total. The van der Waals surface area contributed by atoms with Crippen LogP contribution in [0.1, 0.15) is 46.0 Å². The molecule has 0 aromatic carbocycles. The summed E-state index contributed by atoms with van der Waals surface area (Å²) < 4.78 is 5.89. The second kappa shape index (κ2) is 4.99. The second-order valence-electron chi connectivity index (χ2n) is 7.37. The summed E-state index contributed by atoms with van der Waals surface area (Å²) in [5.74, 6) is 7.01. The van der Waals surface area contributed by atoms with Gasteiger partial charge >= 0.3 is 5.97 Å². The molecule has 0 N–H and O–H groups in total. The summed E-state index contributed by atoms with van der Waals surface area (Å²) in [4.78, 5) is 14.6. The molecular formula is C19H23NO2. The minimum absolute atomic E-state index is 0.181. The molecule has 3 aliphatic heterocycles. The Kier molecular flexibility index (Phi) is 3.20. The highest BCUT2D eigenvalue weighted by Crippen LogP contribution is 2.53. The van der Waals surface area contributed by atoms with E-state index in [0.29, 0.717) is 18.0 Å². The Morgan fingerprint density at radius 2 is 2.32 bits per heavy atom. The second-order valence-corrected chi connectivity index (χ2v) is 7.37. The lowest BCUT2D eigenvalue weighted by Gasteiger charge is -2.38. The summed E-state index contributed by atoms with van der Waals surface area (Å²) in [5, 5.41) is 0. The first kappa shape index (κ1) is 14.1. The number of nitrogens with zero attached hydrogens (tertiary/aromatic N) is 1. The van der Waals surface area contributed by atoms with Gasteiger partial charge in [-0.05, 0) is 25.3 Å². The molecule has 0 amide bonds. The Hall–Kier alpha value is -1.53. The van der Waals surface area contributed by atoms with Gasteiger partial charge in [0.25, 0.3) is 0 Å². The van der Waals surface area contributed by atoms with Crippen molar-refractivity contribution >= 4 is 5.97 Å². The van der Waals surface area contributed by atoms with Crippen LogP contribution >= 0.6 is 0 Å². The van der Waals surface area contributed by atoms with Crippen LogP contribution in [-0.2, 0) is 9.53 Å². The molecule has 2 bridgehead atoms. The van der Waals surface area contributed by atoms with Crippen LogP contribution in [0.3, 0.4) is 0 Å². The van der Waals surface area contributed by atoms with Crippen LogP contribution < -0.4 is 0 Å². The molecule has 3 heterocycles. The van der Waals surface area contributed by atoms with Crippen LogP contribution in [0.15, 0.2) is 23.3 Å². The van der Waals surface area contributed by atoms with Crippen molar-refractivity contribution in [2.45, 2.75) is 63.6 Å². The predicted molar refractivity (Wildman–Crippen MR) is 85.0 cm³/mol. The maximum absolute atomic E-state index is 12.0. The molecule has 116 valence electrons. The van der Waals surface area contributed by atoms with E-state index in [9.17, 15) is 4.79 Å². The maximum atomic E-state index is 12.0. The first-order valence-corrected chi connectivity index (χ1v) is 8.52. The van der Waals surface area contributed by atoms with Crippen molar-refractivity contribution in [1.82, 2.24) is 4.90 Å². The van der Waals surface area contributed by atoms with Crippen molar-refractivity contribution < 1.29 is 9.53 Å². The number of hydrogen-bond acceptors (Lipinski definition) is 3. The van der Waals surface area contributed by atoms with E-state index in [0.717, 1.165) is 37.0 Å². The Labute approximate surface area is 132 Å². The molecule has 0 saturated carbocycles. The van der Waals surface area contributed by atoms with Crippen LogP contribution in [-0.4, -0.2) is 35.1 Å². The third-order valence-corrected chi connectivity index (χ3v) is 5.40. The summed E-state index contributed by atoms with van der Waals surface area (Å²) in [6.45, 7) is 5.47. The van der Waals surface area contributed by atoms with Crippen LogP contribution in [0, 0.1) is 17.8 Å². The van der Waals surface area contributed by atoms with Gasteiger partial charge in [-0.15, -0.1) is 0 Å². The molecule has 3 heteroatoms. The molecule has 4 rings (SSSR count). The Bertz CT molecular complexity index is 634. The molecule has 0 aromatic heterocycles. The van der Waals surface area contributed by atoms with Gasteiger partial charge in [0.15, 0.2) is 5.60 Å². The van der Waals surface area contributed by atoms with Crippen molar-refractivity contribution in [3.63, 3.8) is 0 Å². The number of fused-ring (bicyclic) bond motifs is 3. The average molecular weight is 297 g/mol. The molecule has 3 atom stereocenters. The first-order chi connectivity index (χ1) is 10.6. The lowest BCUT2D eigenvalue weighted by atomic mass is 9.77. The molecule has 22 heavy (non-hydrogen) atoms. The van der Waals surface area contributed by atoms with E-state index in [2.05, 4.69) is 36.7 Å². The van der Waals surface area contributed by atoms with Crippen molar-refractivity contribution in [1.29, 1.82) is 0 Å². The molecular weight excluding hydrogens is 274 g/mol. The minimum atomic E-state index is -0.404. The standard InChI is InChI=1S/C19H23NO2/c1-13(2)6-5-7-14-10-15-12-19(16(14)11-18(21)22-19)17-8-3-4-9-20(15)17/h10-11,13,15,17H,3-4,6,8-9,12H2,1-2H3. The topological polar surface area (TPSA) is 29.5 Å². The number of ether oxygens (including phenoxy) is 1. The smallest absolute Gasteiger partial charge is 0.332 e. The van der Waals surface area contributed by atoms with E-state index in [-0.39, 0.29) is 5.97 Å². The van der Waals surface area contributed by atoms with Crippen molar-refractivity contribution in [2.75, 3.05) is 6.54 Å². The van der Waals surface area contributed by atoms with E-state index in [1.54, 1.807) is 6.08 Å². The van der Waals surface area contributed by atoms with Gasteiger partial charge in [0.1, 0.15) is 0 Å². The van der Waals surface area contributed by atoms with E-state index in [1.165, 1.54) is 12.8 Å². The summed E-state index contributed by atoms with van der Waals surface area (Å²) >= 11 is 0. The highest BCUT2D eigenvalue weighted by Gasteiger charge is 2.61. The van der Waals surface area contributed by atoms with Gasteiger partial charge in [-0.25, -0.2) is 4.79 Å². The van der Waals surface area contributed by atoms with E-state index < -0.39 is 5.60 Å². The van der Waals surface area contributed by atoms with Crippen LogP contribution in [0.25, 0.3) is 0 Å². The first-order valence-electron chi connectivity index (χ1n) is 8.52. The SMILES string of the molecule is CC(C)CC#CC1=CC2CC3(OC(=O)C=C13)C1CCCCN21. The Morgan fingerprint density at radius 3 is 3.14 bits per heavy atom. The van der Waals surface area contributed by atoms with Gasteiger partial charge in [0, 0.05) is 36.1 Å². The van der Waals surface area contributed by atoms with E-state index in [1.807, 2.05) is 0 Å². The molecule has 2 saturated heterocycles. The Morgan fingerprint density at radius 1 is 1.45 bits per heavy atom. The summed E-state index contributed by atoms with van der Waals surface area (Å²) in [6.07, 6.45) is 9.40. The number of rotatable bonds is 1. The van der Waals surface area contributed by atoms with Gasteiger partial charge in [0.2, 0.25) is 0 Å². The third-order valence-electron chi connectivity index (χ3n) is 5.40. The molecule has 2 fully saturated rings. The summed E-state index contributed by atoms with van der Waals surface area (Å²) in [7, 11) is 0. The molecule has 0 aromatic rings. The Balaban J connectivity index is 1.73. The largest absolute Gasteiger partial charge is 0.449 e. The van der Waals surface area contributed by atoms with Crippen molar-refractivity contribution in [3.8, 4) is 11.8 Å². The van der Waals surface area contributed by atoms with Crippen LogP contribution in [0.4, 0.5) is 0 Å².